The predicted molar refractivity (Wildman–Crippen MR) is 170 cm³/mol. The lowest BCUT2D eigenvalue weighted by molar-refractivity contribution is 1.15. The highest BCUT2D eigenvalue weighted by Crippen LogP contribution is 2.41. The number of aromatic nitrogens is 2. The number of nitrogens with zero attached hydrogens (tertiary/aromatic N) is 3. The first kappa shape index (κ1) is 23.3. The van der Waals surface area contributed by atoms with Gasteiger partial charge >= 0.3 is 0 Å². The van der Waals surface area contributed by atoms with Gasteiger partial charge < -0.3 is 9.13 Å². The molecule has 192 valence electrons. The van der Waals surface area contributed by atoms with Crippen molar-refractivity contribution >= 4 is 43.6 Å². The molecule has 3 nitrogen and oxygen atoms in total. The van der Waals surface area contributed by atoms with E-state index in [0.717, 1.165) is 44.6 Å². The quantitative estimate of drug-likeness (QED) is 0.227. The van der Waals surface area contributed by atoms with E-state index in [1.807, 2.05) is 12.1 Å². The Labute approximate surface area is 237 Å². The highest BCUT2D eigenvalue weighted by Gasteiger charge is 2.20. The van der Waals surface area contributed by atoms with Crippen LogP contribution in [0.5, 0.6) is 0 Å². The zero-order valence-corrected chi connectivity index (χ0v) is 22.5. The van der Waals surface area contributed by atoms with Crippen LogP contribution >= 0.6 is 0 Å². The Morgan fingerprint density at radius 3 is 1.41 bits per heavy atom. The van der Waals surface area contributed by atoms with Crippen LogP contribution in [0.25, 0.3) is 66.1 Å². The average Bonchev–Trinajstić information content (AvgIpc) is 3.54. The van der Waals surface area contributed by atoms with Crippen molar-refractivity contribution in [1.29, 1.82) is 5.26 Å². The average molecular weight is 524 g/mol. The molecular weight excluding hydrogens is 498 g/mol. The van der Waals surface area contributed by atoms with Gasteiger partial charge in [0.15, 0.2) is 0 Å². The van der Waals surface area contributed by atoms with Gasteiger partial charge in [0.05, 0.1) is 45.1 Å². The largest absolute Gasteiger partial charge is 0.309 e. The Hall–Kier alpha value is -5.59. The van der Waals surface area contributed by atoms with Gasteiger partial charge in [0, 0.05) is 32.7 Å². The predicted octanol–water partition coefficient (Wildman–Crippen LogP) is 9.73. The van der Waals surface area contributed by atoms with E-state index in [2.05, 4.69) is 143 Å². The minimum absolute atomic E-state index is 0.637. The van der Waals surface area contributed by atoms with Crippen LogP contribution in [-0.4, -0.2) is 9.13 Å². The fourth-order valence-corrected chi connectivity index (χ4v) is 6.43. The third-order valence-corrected chi connectivity index (χ3v) is 8.21. The number of hydrogen-bond donors (Lipinski definition) is 0. The van der Waals surface area contributed by atoms with Crippen LogP contribution in [0.3, 0.4) is 0 Å². The van der Waals surface area contributed by atoms with Crippen LogP contribution < -0.4 is 0 Å². The number of para-hydroxylation sites is 4. The summed E-state index contributed by atoms with van der Waals surface area (Å²) in [6.45, 7) is 2.14. The fraction of sp³-hybridized carbons (Fsp3) is 0.0263. The molecule has 0 radical (unpaired) electrons. The summed E-state index contributed by atoms with van der Waals surface area (Å²) in [4.78, 5) is 0. The minimum atomic E-state index is 0.637. The standard InChI is InChI=1S/C38H25N3/c1-25-18-20-31(38(22-25)41-35-16-8-4-12-29(35)30-13-5-9-17-36(30)41)32-23-26(24-39)19-21-37(32)40-33-14-6-2-10-27(33)28-11-3-7-15-34(28)40/h2-23H,1H3. The molecule has 0 atom stereocenters. The molecule has 0 bridgehead atoms. The molecule has 6 aromatic carbocycles. The molecule has 0 aliphatic rings. The van der Waals surface area contributed by atoms with Gasteiger partial charge in [-0.3, -0.25) is 0 Å². The zero-order valence-electron chi connectivity index (χ0n) is 22.5. The second-order valence-electron chi connectivity index (χ2n) is 10.6. The summed E-state index contributed by atoms with van der Waals surface area (Å²) in [6, 6.07) is 49.4. The summed E-state index contributed by atoms with van der Waals surface area (Å²) in [5, 5.41) is 14.9. The van der Waals surface area contributed by atoms with E-state index in [9.17, 15) is 5.26 Å². The number of fused-ring (bicyclic) bond motifs is 6. The summed E-state index contributed by atoms with van der Waals surface area (Å²) in [5.41, 5.74) is 10.7. The fourth-order valence-electron chi connectivity index (χ4n) is 6.43. The molecule has 0 saturated heterocycles. The molecule has 0 N–H and O–H groups in total. The summed E-state index contributed by atoms with van der Waals surface area (Å²) < 4.78 is 4.72. The lowest BCUT2D eigenvalue weighted by Crippen LogP contribution is -2.02. The van der Waals surface area contributed by atoms with E-state index in [0.29, 0.717) is 5.56 Å². The van der Waals surface area contributed by atoms with Crippen molar-refractivity contribution in [3.63, 3.8) is 0 Å². The van der Waals surface area contributed by atoms with Gasteiger partial charge in [0.25, 0.3) is 0 Å². The summed E-state index contributed by atoms with van der Waals surface area (Å²) >= 11 is 0. The van der Waals surface area contributed by atoms with Gasteiger partial charge in [-0.25, -0.2) is 0 Å². The van der Waals surface area contributed by atoms with Crippen molar-refractivity contribution in [2.75, 3.05) is 0 Å². The van der Waals surface area contributed by atoms with E-state index in [1.54, 1.807) is 0 Å². The second kappa shape index (κ2) is 8.98. The first-order chi connectivity index (χ1) is 20.2. The summed E-state index contributed by atoms with van der Waals surface area (Å²) in [5.74, 6) is 0. The van der Waals surface area contributed by atoms with Crippen LogP contribution in [0, 0.1) is 18.3 Å². The molecule has 0 amide bonds. The lowest BCUT2D eigenvalue weighted by Gasteiger charge is -2.19. The molecule has 0 unspecified atom stereocenters. The number of benzene rings is 6. The van der Waals surface area contributed by atoms with E-state index in [4.69, 9.17) is 0 Å². The molecular formula is C38H25N3. The van der Waals surface area contributed by atoms with E-state index in [-0.39, 0.29) is 0 Å². The van der Waals surface area contributed by atoms with Crippen molar-refractivity contribution in [3.8, 4) is 28.6 Å². The molecule has 0 saturated carbocycles. The van der Waals surface area contributed by atoms with Crippen molar-refractivity contribution in [3.05, 3.63) is 145 Å². The van der Waals surface area contributed by atoms with Gasteiger partial charge in [0.1, 0.15) is 0 Å². The van der Waals surface area contributed by atoms with Gasteiger partial charge in [-0.1, -0.05) is 84.9 Å². The Morgan fingerprint density at radius 1 is 0.463 bits per heavy atom. The summed E-state index contributed by atoms with van der Waals surface area (Å²) in [7, 11) is 0. The van der Waals surface area contributed by atoms with Crippen molar-refractivity contribution < 1.29 is 0 Å². The molecule has 0 aliphatic carbocycles. The maximum Gasteiger partial charge on any atom is 0.0991 e. The normalized spacial score (nSPS) is 11.5. The van der Waals surface area contributed by atoms with Crippen LogP contribution in [0.15, 0.2) is 133 Å². The van der Waals surface area contributed by atoms with E-state index in [1.165, 1.54) is 27.1 Å². The molecule has 2 aromatic heterocycles. The molecule has 8 aromatic rings. The van der Waals surface area contributed by atoms with Gasteiger partial charge in [0.2, 0.25) is 0 Å². The van der Waals surface area contributed by atoms with E-state index >= 15 is 0 Å². The van der Waals surface area contributed by atoms with Crippen molar-refractivity contribution in [1.82, 2.24) is 9.13 Å². The minimum Gasteiger partial charge on any atom is -0.309 e. The molecule has 0 fully saturated rings. The first-order valence-corrected chi connectivity index (χ1v) is 13.9. The third kappa shape index (κ3) is 3.45. The van der Waals surface area contributed by atoms with Crippen molar-refractivity contribution in [2.24, 2.45) is 0 Å². The number of hydrogen-bond acceptors (Lipinski definition) is 1. The first-order valence-electron chi connectivity index (χ1n) is 13.9. The SMILES string of the molecule is Cc1ccc(-c2cc(C#N)ccc2-n2c3ccccc3c3ccccc32)c(-n2c3ccccc3c3ccccc32)c1. The monoisotopic (exact) mass is 523 g/mol. The zero-order chi connectivity index (χ0) is 27.5. The highest BCUT2D eigenvalue weighted by molar-refractivity contribution is 6.11. The Kier molecular flexibility index (Phi) is 5.10. The number of aryl methyl sites for hydroxylation is 1. The molecule has 0 spiro atoms. The van der Waals surface area contributed by atoms with Crippen LogP contribution in [0.2, 0.25) is 0 Å². The van der Waals surface area contributed by atoms with Gasteiger partial charge in [-0.05, 0) is 61.0 Å². The maximum atomic E-state index is 9.99. The Balaban J connectivity index is 1.51. The summed E-state index contributed by atoms with van der Waals surface area (Å²) in [6.07, 6.45) is 0. The highest BCUT2D eigenvalue weighted by atomic mass is 15.0. The van der Waals surface area contributed by atoms with Crippen molar-refractivity contribution in [2.45, 2.75) is 6.92 Å². The lowest BCUT2D eigenvalue weighted by atomic mass is 9.97. The maximum absolute atomic E-state index is 9.99. The smallest absolute Gasteiger partial charge is 0.0991 e. The molecule has 3 heteroatoms. The number of rotatable bonds is 3. The molecule has 41 heavy (non-hydrogen) atoms. The number of nitriles is 1. The van der Waals surface area contributed by atoms with Gasteiger partial charge in [-0.15, -0.1) is 0 Å². The third-order valence-electron chi connectivity index (χ3n) is 8.21. The topological polar surface area (TPSA) is 33.6 Å². The molecule has 8 rings (SSSR count). The molecule has 0 aliphatic heterocycles. The van der Waals surface area contributed by atoms with Gasteiger partial charge in [-0.2, -0.15) is 5.26 Å². The second-order valence-corrected chi connectivity index (χ2v) is 10.6. The van der Waals surface area contributed by atoms with E-state index < -0.39 is 0 Å². The molecule has 2 heterocycles. The Morgan fingerprint density at radius 2 is 0.927 bits per heavy atom. The van der Waals surface area contributed by atoms with Crippen LogP contribution in [0.4, 0.5) is 0 Å². The van der Waals surface area contributed by atoms with Crippen LogP contribution in [0.1, 0.15) is 11.1 Å². The Bertz CT molecular complexity index is 2240. The van der Waals surface area contributed by atoms with Crippen LogP contribution in [-0.2, 0) is 0 Å².